The Hall–Kier alpha value is 0.210. The van der Waals surface area contributed by atoms with E-state index in [2.05, 4.69) is 5.32 Å². The van der Waals surface area contributed by atoms with Crippen LogP contribution in [-0.4, -0.2) is 32.7 Å². The molecule has 1 N–H and O–H groups in total. The highest BCUT2D eigenvalue weighted by Crippen LogP contribution is 2.45. The van der Waals surface area contributed by atoms with Crippen molar-refractivity contribution in [3.05, 3.63) is 0 Å². The van der Waals surface area contributed by atoms with Crippen molar-refractivity contribution in [1.29, 1.82) is 0 Å². The summed E-state index contributed by atoms with van der Waals surface area (Å²) in [5.74, 6) is 0.810. The van der Waals surface area contributed by atoms with Crippen LogP contribution in [0.25, 0.3) is 0 Å². The maximum Gasteiger partial charge on any atom is 0.0474 e. The molecule has 0 aromatic carbocycles. The molecule has 0 aromatic heterocycles. The van der Waals surface area contributed by atoms with Gasteiger partial charge < -0.3 is 10.1 Å². The van der Waals surface area contributed by atoms with Gasteiger partial charge in [0, 0.05) is 26.1 Å². The van der Waals surface area contributed by atoms with Crippen molar-refractivity contribution in [2.45, 2.75) is 19.3 Å². The first-order valence-electron chi connectivity index (χ1n) is 4.59. The molecule has 0 aromatic rings. The van der Waals surface area contributed by atoms with Crippen LogP contribution < -0.4 is 5.32 Å². The summed E-state index contributed by atoms with van der Waals surface area (Å²) < 4.78 is 4.95. The second-order valence-corrected chi connectivity index (χ2v) is 3.92. The number of ether oxygens (including phenoxy) is 1. The summed E-state index contributed by atoms with van der Waals surface area (Å²) in [5, 5.41) is 3.41. The van der Waals surface area contributed by atoms with Crippen LogP contribution in [-0.2, 0) is 4.74 Å². The van der Waals surface area contributed by atoms with Crippen LogP contribution in [0, 0.1) is 5.41 Å². The highest BCUT2D eigenvalue weighted by Gasteiger charge is 2.40. The van der Waals surface area contributed by atoms with Gasteiger partial charge in [-0.05, 0) is 31.2 Å². The minimum Gasteiger partial charge on any atom is -0.385 e. The van der Waals surface area contributed by atoms with Crippen LogP contribution in [0.5, 0.6) is 0 Å². The topological polar surface area (TPSA) is 21.3 Å². The van der Waals surface area contributed by atoms with Crippen molar-refractivity contribution in [3.8, 4) is 0 Å². The Labute approximate surface area is 79.6 Å². The molecule has 1 aliphatic rings. The molecule has 3 heteroatoms. The molecule has 1 rings (SSSR count). The molecule has 0 unspecified atom stereocenters. The summed E-state index contributed by atoms with van der Waals surface area (Å²) in [6, 6.07) is 0. The molecule has 1 saturated carbocycles. The largest absolute Gasteiger partial charge is 0.385 e. The first-order valence-corrected chi connectivity index (χ1v) is 5.12. The predicted octanol–water partition coefficient (Wildman–Crippen LogP) is 1.63. The molecule has 0 saturated heterocycles. The Kier molecular flexibility index (Phi) is 4.33. The van der Waals surface area contributed by atoms with E-state index in [0.29, 0.717) is 5.41 Å². The molecule has 0 bridgehead atoms. The monoisotopic (exact) mass is 191 g/mol. The van der Waals surface area contributed by atoms with E-state index in [-0.39, 0.29) is 0 Å². The molecule has 1 fully saturated rings. The summed E-state index contributed by atoms with van der Waals surface area (Å²) in [6.45, 7) is 2.98. The molecule has 0 atom stereocenters. The van der Waals surface area contributed by atoms with E-state index in [0.717, 1.165) is 32.0 Å². The molecule has 0 heterocycles. The number of methoxy groups -OCH3 is 1. The lowest BCUT2D eigenvalue weighted by Crippen LogP contribution is -2.26. The van der Waals surface area contributed by atoms with E-state index in [1.54, 1.807) is 7.11 Å². The number of hydrogen-bond acceptors (Lipinski definition) is 2. The van der Waals surface area contributed by atoms with Crippen molar-refractivity contribution in [1.82, 2.24) is 5.32 Å². The van der Waals surface area contributed by atoms with E-state index >= 15 is 0 Å². The standard InChI is InChI=1S/C9H18ClNO/c1-12-6-2-5-11-8-9(7-10)3-4-9/h11H,2-8H2,1H3. The summed E-state index contributed by atoms with van der Waals surface area (Å²) >= 11 is 5.83. The zero-order valence-electron chi connectivity index (χ0n) is 7.74. The van der Waals surface area contributed by atoms with Gasteiger partial charge in [0.2, 0.25) is 0 Å². The van der Waals surface area contributed by atoms with Crippen molar-refractivity contribution in [3.63, 3.8) is 0 Å². The normalized spacial score (nSPS) is 19.5. The first kappa shape index (κ1) is 10.3. The van der Waals surface area contributed by atoms with E-state index < -0.39 is 0 Å². The lowest BCUT2D eigenvalue weighted by atomic mass is 10.1. The molecular formula is C9H18ClNO. The average molecular weight is 192 g/mol. The third-order valence-electron chi connectivity index (χ3n) is 2.44. The second-order valence-electron chi connectivity index (χ2n) is 3.66. The number of rotatable bonds is 7. The van der Waals surface area contributed by atoms with Gasteiger partial charge in [0.25, 0.3) is 0 Å². The summed E-state index contributed by atoms with van der Waals surface area (Å²) in [7, 11) is 1.74. The lowest BCUT2D eigenvalue weighted by Gasteiger charge is -2.11. The fraction of sp³-hybridized carbons (Fsp3) is 1.00. The fourth-order valence-electron chi connectivity index (χ4n) is 1.23. The maximum atomic E-state index is 5.83. The third kappa shape index (κ3) is 3.30. The van der Waals surface area contributed by atoms with Gasteiger partial charge in [-0.15, -0.1) is 11.6 Å². The molecule has 2 nitrogen and oxygen atoms in total. The van der Waals surface area contributed by atoms with Gasteiger partial charge in [-0.25, -0.2) is 0 Å². The van der Waals surface area contributed by atoms with Crippen LogP contribution in [0.4, 0.5) is 0 Å². The Morgan fingerprint density at radius 1 is 1.50 bits per heavy atom. The van der Waals surface area contributed by atoms with Gasteiger partial charge in [0.15, 0.2) is 0 Å². The van der Waals surface area contributed by atoms with Gasteiger partial charge in [-0.2, -0.15) is 0 Å². The Balaban J connectivity index is 1.89. The first-order chi connectivity index (χ1) is 5.83. The predicted molar refractivity (Wildman–Crippen MR) is 51.7 cm³/mol. The number of hydrogen-bond donors (Lipinski definition) is 1. The Morgan fingerprint density at radius 3 is 2.75 bits per heavy atom. The van der Waals surface area contributed by atoms with Gasteiger partial charge in [-0.1, -0.05) is 0 Å². The summed E-state index contributed by atoms with van der Waals surface area (Å²) in [5.41, 5.74) is 0.453. The fourth-order valence-corrected chi connectivity index (χ4v) is 1.59. The third-order valence-corrected chi connectivity index (χ3v) is 3.01. The lowest BCUT2D eigenvalue weighted by molar-refractivity contribution is 0.194. The molecular weight excluding hydrogens is 174 g/mol. The molecule has 1 aliphatic carbocycles. The van der Waals surface area contributed by atoms with Crippen molar-refractivity contribution in [2.24, 2.45) is 5.41 Å². The van der Waals surface area contributed by atoms with E-state index in [1.807, 2.05) is 0 Å². The van der Waals surface area contributed by atoms with Gasteiger partial charge in [0.05, 0.1) is 0 Å². The average Bonchev–Trinajstić information content (AvgIpc) is 2.85. The number of alkyl halides is 1. The Bertz CT molecular complexity index is 126. The summed E-state index contributed by atoms with van der Waals surface area (Å²) in [6.07, 6.45) is 3.69. The zero-order chi connectivity index (χ0) is 8.86. The molecule has 0 spiro atoms. The second kappa shape index (κ2) is 5.05. The van der Waals surface area contributed by atoms with E-state index in [1.165, 1.54) is 12.8 Å². The van der Waals surface area contributed by atoms with Gasteiger partial charge in [0.1, 0.15) is 0 Å². The highest BCUT2D eigenvalue weighted by atomic mass is 35.5. The number of nitrogens with one attached hydrogen (secondary N) is 1. The van der Waals surface area contributed by atoms with Crippen molar-refractivity contribution < 1.29 is 4.74 Å². The number of halogens is 1. The van der Waals surface area contributed by atoms with Crippen LogP contribution in [0.15, 0.2) is 0 Å². The minimum absolute atomic E-state index is 0.453. The highest BCUT2D eigenvalue weighted by molar-refractivity contribution is 6.18. The quantitative estimate of drug-likeness (QED) is 0.488. The molecule has 0 amide bonds. The van der Waals surface area contributed by atoms with Crippen molar-refractivity contribution in [2.75, 3.05) is 32.7 Å². The molecule has 0 aliphatic heterocycles. The van der Waals surface area contributed by atoms with E-state index in [9.17, 15) is 0 Å². The smallest absolute Gasteiger partial charge is 0.0474 e. The maximum absolute atomic E-state index is 5.83. The molecule has 12 heavy (non-hydrogen) atoms. The molecule has 72 valence electrons. The van der Waals surface area contributed by atoms with Crippen LogP contribution in [0.3, 0.4) is 0 Å². The van der Waals surface area contributed by atoms with Gasteiger partial charge >= 0.3 is 0 Å². The van der Waals surface area contributed by atoms with Crippen LogP contribution in [0.2, 0.25) is 0 Å². The minimum atomic E-state index is 0.453. The zero-order valence-corrected chi connectivity index (χ0v) is 8.49. The summed E-state index contributed by atoms with van der Waals surface area (Å²) in [4.78, 5) is 0. The van der Waals surface area contributed by atoms with E-state index in [4.69, 9.17) is 16.3 Å². The SMILES string of the molecule is COCCCNCC1(CCl)CC1. The van der Waals surface area contributed by atoms with Crippen LogP contribution in [0.1, 0.15) is 19.3 Å². The van der Waals surface area contributed by atoms with Gasteiger partial charge in [-0.3, -0.25) is 0 Å². The van der Waals surface area contributed by atoms with Crippen LogP contribution >= 0.6 is 11.6 Å². The van der Waals surface area contributed by atoms with Crippen molar-refractivity contribution >= 4 is 11.6 Å². The Morgan fingerprint density at radius 2 is 2.25 bits per heavy atom. The molecule has 0 radical (unpaired) electrons.